The minimum atomic E-state index is 0.332. The van der Waals surface area contributed by atoms with E-state index in [-0.39, 0.29) is 0 Å². The lowest BCUT2D eigenvalue weighted by Crippen LogP contribution is -2.09. The Morgan fingerprint density at radius 1 is 1.35 bits per heavy atom. The predicted molar refractivity (Wildman–Crippen MR) is 72.1 cm³/mol. The van der Waals surface area contributed by atoms with Crippen LogP contribution in [0, 0.1) is 5.41 Å². The van der Waals surface area contributed by atoms with Crippen LogP contribution in [-0.4, -0.2) is 18.1 Å². The van der Waals surface area contributed by atoms with Gasteiger partial charge in [0, 0.05) is 25.0 Å². The normalized spacial score (nSPS) is 11.5. The van der Waals surface area contributed by atoms with Crippen LogP contribution in [0.1, 0.15) is 39.8 Å². The number of hydrogen-bond donors (Lipinski definition) is 1. The summed E-state index contributed by atoms with van der Waals surface area (Å²) in [7, 11) is 0. The van der Waals surface area contributed by atoms with E-state index in [4.69, 9.17) is 4.74 Å². The summed E-state index contributed by atoms with van der Waals surface area (Å²) in [6.45, 7) is 11.1. The molecule has 0 aliphatic carbocycles. The number of ether oxygens (including phenoxy) is 1. The van der Waals surface area contributed by atoms with Crippen molar-refractivity contribution in [1.82, 2.24) is 4.98 Å². The number of pyridine rings is 1. The summed E-state index contributed by atoms with van der Waals surface area (Å²) in [5.41, 5.74) is 2.42. The Morgan fingerprint density at radius 2 is 2.12 bits per heavy atom. The van der Waals surface area contributed by atoms with Crippen LogP contribution in [0.4, 0.5) is 5.69 Å². The van der Waals surface area contributed by atoms with Gasteiger partial charge in [-0.1, -0.05) is 20.8 Å². The fourth-order valence-corrected chi connectivity index (χ4v) is 1.43. The van der Waals surface area contributed by atoms with Crippen LogP contribution < -0.4 is 5.32 Å². The molecule has 0 aromatic carbocycles. The van der Waals surface area contributed by atoms with Crippen molar-refractivity contribution < 1.29 is 4.74 Å². The summed E-state index contributed by atoms with van der Waals surface area (Å²) >= 11 is 0. The molecule has 3 heteroatoms. The highest BCUT2D eigenvalue weighted by Crippen LogP contribution is 2.18. The molecular weight excluding hydrogens is 212 g/mol. The Balaban J connectivity index is 2.34. The monoisotopic (exact) mass is 236 g/mol. The first-order valence-electron chi connectivity index (χ1n) is 6.28. The molecular formula is C14H24N2O. The van der Waals surface area contributed by atoms with Crippen molar-refractivity contribution in [2.75, 3.05) is 18.5 Å². The number of nitrogens with zero attached hydrogens (tertiary/aromatic N) is 1. The van der Waals surface area contributed by atoms with Gasteiger partial charge in [0.2, 0.25) is 0 Å². The Kier molecular flexibility index (Phi) is 5.42. The van der Waals surface area contributed by atoms with Crippen LogP contribution >= 0.6 is 0 Å². The standard InChI is InChI=1S/C14H24N2O/c1-5-15-12-6-8-16-13(10-12)11-17-9-7-14(2,3)4/h6,8,10H,5,7,9,11H2,1-4H3,(H,15,16). The quantitative estimate of drug-likeness (QED) is 0.768. The molecule has 1 heterocycles. The maximum atomic E-state index is 5.64. The molecule has 96 valence electrons. The molecule has 1 N–H and O–H groups in total. The lowest BCUT2D eigenvalue weighted by Gasteiger charge is -2.17. The number of anilines is 1. The smallest absolute Gasteiger partial charge is 0.0888 e. The van der Waals surface area contributed by atoms with E-state index in [1.165, 1.54) is 0 Å². The van der Waals surface area contributed by atoms with Gasteiger partial charge >= 0.3 is 0 Å². The largest absolute Gasteiger partial charge is 0.385 e. The Labute approximate surface area is 105 Å². The van der Waals surface area contributed by atoms with Gasteiger partial charge < -0.3 is 10.1 Å². The molecule has 0 amide bonds. The summed E-state index contributed by atoms with van der Waals surface area (Å²) in [6.07, 6.45) is 2.89. The van der Waals surface area contributed by atoms with Crippen molar-refractivity contribution in [3.05, 3.63) is 24.0 Å². The average molecular weight is 236 g/mol. The molecule has 1 rings (SSSR count). The molecule has 0 radical (unpaired) electrons. The number of nitrogens with one attached hydrogen (secondary N) is 1. The first-order chi connectivity index (χ1) is 8.01. The highest BCUT2D eigenvalue weighted by Gasteiger charge is 2.09. The third-order valence-electron chi connectivity index (χ3n) is 2.44. The van der Waals surface area contributed by atoms with Crippen molar-refractivity contribution >= 4 is 5.69 Å². The lowest BCUT2D eigenvalue weighted by atomic mass is 9.93. The Morgan fingerprint density at radius 3 is 2.76 bits per heavy atom. The van der Waals surface area contributed by atoms with Crippen molar-refractivity contribution in [2.24, 2.45) is 5.41 Å². The van der Waals surface area contributed by atoms with Crippen LogP contribution in [0.3, 0.4) is 0 Å². The second-order valence-electron chi connectivity index (χ2n) is 5.43. The topological polar surface area (TPSA) is 34.2 Å². The first kappa shape index (κ1) is 14.0. The van der Waals surface area contributed by atoms with Gasteiger partial charge in [0.25, 0.3) is 0 Å². The van der Waals surface area contributed by atoms with E-state index in [0.717, 1.165) is 31.0 Å². The highest BCUT2D eigenvalue weighted by molar-refractivity contribution is 5.42. The van der Waals surface area contributed by atoms with Crippen molar-refractivity contribution in [3.8, 4) is 0 Å². The Bertz CT molecular complexity index is 331. The van der Waals surface area contributed by atoms with Gasteiger partial charge in [0.15, 0.2) is 0 Å². The average Bonchev–Trinajstić information content (AvgIpc) is 2.24. The highest BCUT2D eigenvalue weighted by atomic mass is 16.5. The molecule has 0 bridgehead atoms. The van der Waals surface area contributed by atoms with E-state index in [1.807, 2.05) is 18.3 Å². The second-order valence-corrected chi connectivity index (χ2v) is 5.43. The molecule has 3 nitrogen and oxygen atoms in total. The number of rotatable bonds is 6. The summed E-state index contributed by atoms with van der Waals surface area (Å²) in [5, 5.41) is 3.27. The van der Waals surface area contributed by atoms with Crippen LogP contribution in [0.15, 0.2) is 18.3 Å². The fourth-order valence-electron chi connectivity index (χ4n) is 1.43. The summed E-state index contributed by atoms with van der Waals surface area (Å²) < 4.78 is 5.64. The SMILES string of the molecule is CCNc1ccnc(COCCC(C)(C)C)c1. The molecule has 0 spiro atoms. The lowest BCUT2D eigenvalue weighted by molar-refractivity contribution is 0.0941. The van der Waals surface area contributed by atoms with Crippen molar-refractivity contribution in [1.29, 1.82) is 0 Å². The first-order valence-corrected chi connectivity index (χ1v) is 6.28. The van der Waals surface area contributed by atoms with E-state index in [2.05, 4.69) is 38.0 Å². The molecule has 0 saturated carbocycles. The third kappa shape index (κ3) is 6.27. The van der Waals surface area contributed by atoms with Crippen LogP contribution in [-0.2, 0) is 11.3 Å². The third-order valence-corrected chi connectivity index (χ3v) is 2.44. The summed E-state index contributed by atoms with van der Waals surface area (Å²) in [5.74, 6) is 0. The Hall–Kier alpha value is -1.09. The van der Waals surface area contributed by atoms with Gasteiger partial charge in [-0.2, -0.15) is 0 Å². The summed E-state index contributed by atoms with van der Waals surface area (Å²) in [6, 6.07) is 4.02. The van der Waals surface area contributed by atoms with Gasteiger partial charge in [0.1, 0.15) is 0 Å². The zero-order valence-corrected chi connectivity index (χ0v) is 11.4. The van der Waals surface area contributed by atoms with Gasteiger partial charge in [-0.05, 0) is 30.9 Å². The molecule has 1 aromatic heterocycles. The fraction of sp³-hybridized carbons (Fsp3) is 0.643. The maximum Gasteiger partial charge on any atom is 0.0888 e. The van der Waals surface area contributed by atoms with Crippen LogP contribution in [0.2, 0.25) is 0 Å². The van der Waals surface area contributed by atoms with Gasteiger partial charge in [-0.3, -0.25) is 4.98 Å². The maximum absolute atomic E-state index is 5.64. The molecule has 1 aromatic rings. The summed E-state index contributed by atoms with van der Waals surface area (Å²) in [4.78, 5) is 4.29. The van der Waals surface area contributed by atoms with Crippen LogP contribution in [0.25, 0.3) is 0 Å². The molecule has 0 fully saturated rings. The van der Waals surface area contributed by atoms with Gasteiger partial charge in [-0.25, -0.2) is 0 Å². The second kappa shape index (κ2) is 6.60. The van der Waals surface area contributed by atoms with Gasteiger partial charge in [0.05, 0.1) is 12.3 Å². The van der Waals surface area contributed by atoms with E-state index in [9.17, 15) is 0 Å². The zero-order valence-electron chi connectivity index (χ0n) is 11.4. The van der Waals surface area contributed by atoms with E-state index >= 15 is 0 Å². The molecule has 0 aliphatic heterocycles. The van der Waals surface area contributed by atoms with Crippen LogP contribution in [0.5, 0.6) is 0 Å². The minimum Gasteiger partial charge on any atom is -0.385 e. The molecule has 0 aliphatic rings. The predicted octanol–water partition coefficient (Wildman–Crippen LogP) is 3.47. The van der Waals surface area contributed by atoms with E-state index < -0.39 is 0 Å². The molecule has 0 atom stereocenters. The van der Waals surface area contributed by atoms with E-state index in [1.54, 1.807) is 0 Å². The molecule has 17 heavy (non-hydrogen) atoms. The number of aromatic nitrogens is 1. The molecule has 0 unspecified atom stereocenters. The van der Waals surface area contributed by atoms with Crippen molar-refractivity contribution in [3.63, 3.8) is 0 Å². The zero-order chi connectivity index (χ0) is 12.7. The van der Waals surface area contributed by atoms with Gasteiger partial charge in [-0.15, -0.1) is 0 Å². The minimum absolute atomic E-state index is 0.332. The van der Waals surface area contributed by atoms with E-state index in [0.29, 0.717) is 12.0 Å². The van der Waals surface area contributed by atoms with Crippen molar-refractivity contribution in [2.45, 2.75) is 40.7 Å². The molecule has 0 saturated heterocycles. The number of hydrogen-bond acceptors (Lipinski definition) is 3.